The number of hydrogen-bond acceptors (Lipinski definition) is 2. The molecule has 0 aliphatic rings. The quantitative estimate of drug-likeness (QED) is 0.759. The SMILES string of the molecule is CCN(C)C(CN)c1ccccc1. The standard InChI is InChI=1S/C11H18N2/c1-3-13(2)11(9-12)10-7-5-4-6-8-10/h4-8,11H,3,9,12H2,1-2H3. The Hall–Kier alpha value is -0.860. The summed E-state index contributed by atoms with van der Waals surface area (Å²) in [6, 6.07) is 10.8. The van der Waals surface area contributed by atoms with Gasteiger partial charge >= 0.3 is 0 Å². The van der Waals surface area contributed by atoms with Crippen LogP contribution in [-0.4, -0.2) is 25.0 Å². The van der Waals surface area contributed by atoms with Crippen LogP contribution in [0.4, 0.5) is 0 Å². The molecule has 1 unspecified atom stereocenters. The summed E-state index contributed by atoms with van der Waals surface area (Å²) in [5.41, 5.74) is 7.04. The smallest absolute Gasteiger partial charge is 0.0467 e. The Balaban J connectivity index is 2.78. The van der Waals surface area contributed by atoms with Gasteiger partial charge in [-0.1, -0.05) is 37.3 Å². The molecule has 1 aromatic rings. The number of likely N-dealkylation sites (N-methyl/N-ethyl adjacent to an activating group) is 1. The summed E-state index contributed by atoms with van der Waals surface area (Å²) in [6.07, 6.45) is 0. The van der Waals surface area contributed by atoms with Crippen LogP contribution >= 0.6 is 0 Å². The predicted molar refractivity (Wildman–Crippen MR) is 56.5 cm³/mol. The van der Waals surface area contributed by atoms with Crippen LogP contribution in [0.3, 0.4) is 0 Å². The molecule has 0 amide bonds. The molecule has 0 fully saturated rings. The Morgan fingerprint density at radius 2 is 1.92 bits per heavy atom. The summed E-state index contributed by atoms with van der Waals surface area (Å²) >= 11 is 0. The summed E-state index contributed by atoms with van der Waals surface area (Å²) < 4.78 is 0. The number of benzene rings is 1. The van der Waals surface area contributed by atoms with E-state index >= 15 is 0 Å². The molecular formula is C11H18N2. The molecule has 1 atom stereocenters. The molecule has 0 aliphatic carbocycles. The predicted octanol–water partition coefficient (Wildman–Crippen LogP) is 1.64. The van der Waals surface area contributed by atoms with Crippen molar-refractivity contribution in [3.05, 3.63) is 35.9 Å². The van der Waals surface area contributed by atoms with Gasteiger partial charge in [-0.05, 0) is 19.2 Å². The maximum absolute atomic E-state index is 5.74. The van der Waals surface area contributed by atoms with Crippen LogP contribution in [0.15, 0.2) is 30.3 Å². The van der Waals surface area contributed by atoms with Crippen LogP contribution in [0, 0.1) is 0 Å². The van der Waals surface area contributed by atoms with Crippen molar-refractivity contribution in [2.45, 2.75) is 13.0 Å². The molecule has 2 nitrogen and oxygen atoms in total. The number of nitrogens with zero attached hydrogens (tertiary/aromatic N) is 1. The molecule has 0 heterocycles. The third-order valence-electron chi connectivity index (χ3n) is 2.44. The third-order valence-corrected chi connectivity index (χ3v) is 2.44. The average Bonchev–Trinajstić information content (AvgIpc) is 2.20. The van der Waals surface area contributed by atoms with Gasteiger partial charge in [0.15, 0.2) is 0 Å². The van der Waals surface area contributed by atoms with Gasteiger partial charge in [0.2, 0.25) is 0 Å². The Labute approximate surface area is 80.4 Å². The highest BCUT2D eigenvalue weighted by atomic mass is 15.1. The van der Waals surface area contributed by atoms with Gasteiger partial charge in [-0.2, -0.15) is 0 Å². The van der Waals surface area contributed by atoms with Crippen molar-refractivity contribution in [2.24, 2.45) is 5.73 Å². The molecule has 0 spiro atoms. The highest BCUT2D eigenvalue weighted by molar-refractivity contribution is 5.19. The first-order chi connectivity index (χ1) is 6.29. The first-order valence-electron chi connectivity index (χ1n) is 4.74. The van der Waals surface area contributed by atoms with Gasteiger partial charge in [0.25, 0.3) is 0 Å². The topological polar surface area (TPSA) is 29.3 Å². The highest BCUT2D eigenvalue weighted by Crippen LogP contribution is 2.16. The fourth-order valence-electron chi connectivity index (χ4n) is 1.47. The molecule has 0 saturated heterocycles. The summed E-state index contributed by atoms with van der Waals surface area (Å²) in [7, 11) is 2.10. The second-order valence-corrected chi connectivity index (χ2v) is 3.24. The van der Waals surface area contributed by atoms with Gasteiger partial charge in [-0.25, -0.2) is 0 Å². The van der Waals surface area contributed by atoms with Crippen LogP contribution in [0.5, 0.6) is 0 Å². The Bertz CT molecular complexity index is 233. The van der Waals surface area contributed by atoms with Gasteiger partial charge in [0, 0.05) is 12.6 Å². The van der Waals surface area contributed by atoms with Gasteiger partial charge in [0.1, 0.15) is 0 Å². The maximum atomic E-state index is 5.74. The van der Waals surface area contributed by atoms with Crippen molar-refractivity contribution in [3.8, 4) is 0 Å². The van der Waals surface area contributed by atoms with Crippen molar-refractivity contribution in [3.63, 3.8) is 0 Å². The first kappa shape index (κ1) is 10.2. The van der Waals surface area contributed by atoms with Crippen LogP contribution in [-0.2, 0) is 0 Å². The third kappa shape index (κ3) is 2.54. The van der Waals surface area contributed by atoms with E-state index in [9.17, 15) is 0 Å². The largest absolute Gasteiger partial charge is 0.329 e. The van der Waals surface area contributed by atoms with Gasteiger partial charge < -0.3 is 5.73 Å². The van der Waals surface area contributed by atoms with Crippen molar-refractivity contribution in [2.75, 3.05) is 20.1 Å². The maximum Gasteiger partial charge on any atom is 0.0467 e. The zero-order chi connectivity index (χ0) is 9.68. The molecular weight excluding hydrogens is 160 g/mol. The molecule has 1 rings (SSSR count). The molecule has 0 bridgehead atoms. The van der Waals surface area contributed by atoms with Crippen molar-refractivity contribution < 1.29 is 0 Å². The molecule has 0 aromatic heterocycles. The van der Waals surface area contributed by atoms with Crippen LogP contribution in [0.2, 0.25) is 0 Å². The lowest BCUT2D eigenvalue weighted by atomic mass is 10.1. The molecule has 0 aliphatic heterocycles. The molecule has 2 N–H and O–H groups in total. The van der Waals surface area contributed by atoms with E-state index in [1.54, 1.807) is 0 Å². The summed E-state index contributed by atoms with van der Waals surface area (Å²) in [5.74, 6) is 0. The van der Waals surface area contributed by atoms with Crippen molar-refractivity contribution in [1.29, 1.82) is 0 Å². The van der Waals surface area contributed by atoms with Crippen LogP contribution < -0.4 is 5.73 Å². The van der Waals surface area contributed by atoms with Crippen molar-refractivity contribution in [1.82, 2.24) is 4.90 Å². The first-order valence-corrected chi connectivity index (χ1v) is 4.74. The monoisotopic (exact) mass is 178 g/mol. The van der Waals surface area contributed by atoms with Gasteiger partial charge in [-0.15, -0.1) is 0 Å². The molecule has 0 saturated carbocycles. The van der Waals surface area contributed by atoms with E-state index in [0.29, 0.717) is 12.6 Å². The number of hydrogen-bond donors (Lipinski definition) is 1. The van der Waals surface area contributed by atoms with E-state index in [-0.39, 0.29) is 0 Å². The minimum absolute atomic E-state index is 0.353. The van der Waals surface area contributed by atoms with E-state index in [1.807, 2.05) is 6.07 Å². The molecule has 0 radical (unpaired) electrons. The van der Waals surface area contributed by atoms with Gasteiger partial charge in [-0.3, -0.25) is 4.90 Å². The second-order valence-electron chi connectivity index (χ2n) is 3.24. The zero-order valence-electron chi connectivity index (χ0n) is 8.40. The second kappa shape index (κ2) is 5.00. The van der Waals surface area contributed by atoms with E-state index in [2.05, 4.69) is 43.1 Å². The lowest BCUT2D eigenvalue weighted by Crippen LogP contribution is -2.30. The lowest BCUT2D eigenvalue weighted by molar-refractivity contribution is 0.263. The van der Waals surface area contributed by atoms with E-state index in [1.165, 1.54) is 5.56 Å². The fourth-order valence-corrected chi connectivity index (χ4v) is 1.47. The average molecular weight is 178 g/mol. The fraction of sp³-hybridized carbons (Fsp3) is 0.455. The van der Waals surface area contributed by atoms with E-state index in [0.717, 1.165) is 6.54 Å². The molecule has 2 heteroatoms. The van der Waals surface area contributed by atoms with Gasteiger partial charge in [0.05, 0.1) is 0 Å². The summed E-state index contributed by atoms with van der Waals surface area (Å²) in [5, 5.41) is 0. The highest BCUT2D eigenvalue weighted by Gasteiger charge is 2.12. The Morgan fingerprint density at radius 1 is 1.31 bits per heavy atom. The normalized spacial score (nSPS) is 13.2. The molecule has 72 valence electrons. The molecule has 13 heavy (non-hydrogen) atoms. The Kier molecular flexibility index (Phi) is 3.93. The lowest BCUT2D eigenvalue weighted by Gasteiger charge is -2.25. The van der Waals surface area contributed by atoms with Crippen LogP contribution in [0.1, 0.15) is 18.5 Å². The zero-order valence-corrected chi connectivity index (χ0v) is 8.40. The minimum atomic E-state index is 0.353. The number of rotatable bonds is 4. The number of nitrogens with two attached hydrogens (primary N) is 1. The summed E-state index contributed by atoms with van der Waals surface area (Å²) in [6.45, 7) is 3.84. The van der Waals surface area contributed by atoms with E-state index in [4.69, 9.17) is 5.73 Å². The van der Waals surface area contributed by atoms with Crippen LogP contribution in [0.25, 0.3) is 0 Å². The minimum Gasteiger partial charge on any atom is -0.329 e. The van der Waals surface area contributed by atoms with E-state index < -0.39 is 0 Å². The molecule has 1 aromatic carbocycles. The van der Waals surface area contributed by atoms with Crippen molar-refractivity contribution >= 4 is 0 Å². The summed E-state index contributed by atoms with van der Waals surface area (Å²) in [4.78, 5) is 2.26. The Morgan fingerprint density at radius 3 is 2.38 bits per heavy atom.